The predicted molar refractivity (Wildman–Crippen MR) is 142 cm³/mol. The van der Waals surface area contributed by atoms with Crippen LogP contribution in [0.1, 0.15) is 70.8 Å². The van der Waals surface area contributed by atoms with Crippen molar-refractivity contribution in [2.75, 3.05) is 0 Å². The first-order chi connectivity index (χ1) is 15.4. The molecule has 0 saturated carbocycles. The molecule has 1 nitrogen and oxygen atoms in total. The second-order valence-corrected chi connectivity index (χ2v) is 8.51. The van der Waals surface area contributed by atoms with E-state index >= 15 is 0 Å². The van der Waals surface area contributed by atoms with Gasteiger partial charge in [0.2, 0.25) is 0 Å². The first kappa shape index (κ1) is 25.6. The van der Waals surface area contributed by atoms with Crippen molar-refractivity contribution in [3.63, 3.8) is 0 Å². The number of benzene rings is 2. The summed E-state index contributed by atoms with van der Waals surface area (Å²) >= 11 is 6.68. The molecule has 0 aliphatic heterocycles. The summed E-state index contributed by atoms with van der Waals surface area (Å²) in [5, 5.41) is 0.826. The quantitative estimate of drug-likeness (QED) is 0.330. The minimum absolute atomic E-state index is 0.219. The summed E-state index contributed by atoms with van der Waals surface area (Å²) in [7, 11) is 0. The van der Waals surface area contributed by atoms with Crippen molar-refractivity contribution >= 4 is 17.7 Å². The molecule has 1 heterocycles. The molecule has 0 bridgehead atoms. The second kappa shape index (κ2) is 12.4. The number of hydrogen-bond donors (Lipinski definition) is 0. The molecule has 3 aromatic rings. The van der Waals surface area contributed by atoms with E-state index in [1.54, 1.807) is 6.08 Å². The van der Waals surface area contributed by atoms with Gasteiger partial charge in [0.05, 0.1) is 0 Å². The van der Waals surface area contributed by atoms with Crippen molar-refractivity contribution in [1.82, 2.24) is 4.98 Å². The number of rotatable bonds is 7. The fraction of sp³-hybridized carbons (Fsp3) is 0.300. The van der Waals surface area contributed by atoms with Gasteiger partial charge in [-0.1, -0.05) is 92.2 Å². The summed E-state index contributed by atoms with van der Waals surface area (Å²) in [6.07, 6.45) is 9.71. The highest BCUT2D eigenvalue weighted by molar-refractivity contribution is 6.31. The normalized spacial score (nSPS) is 11.7. The molecule has 0 aliphatic carbocycles. The average Bonchev–Trinajstić information content (AvgIpc) is 2.78. The van der Waals surface area contributed by atoms with Gasteiger partial charge in [0.15, 0.2) is 0 Å². The summed E-state index contributed by atoms with van der Waals surface area (Å²) in [5.74, 6) is 0.219. The van der Waals surface area contributed by atoms with Gasteiger partial charge in [-0.25, -0.2) is 0 Å². The summed E-state index contributed by atoms with van der Waals surface area (Å²) in [5.41, 5.74) is 9.80. The zero-order valence-corrected chi connectivity index (χ0v) is 21.1. The molecular weight excluding hydrogens is 410 g/mol. The van der Waals surface area contributed by atoms with Crippen LogP contribution < -0.4 is 0 Å². The van der Waals surface area contributed by atoms with Gasteiger partial charge in [-0.3, -0.25) is 4.98 Å². The van der Waals surface area contributed by atoms with E-state index in [0.717, 1.165) is 23.6 Å². The molecule has 168 valence electrons. The topological polar surface area (TPSA) is 12.9 Å². The van der Waals surface area contributed by atoms with Crippen molar-refractivity contribution in [1.29, 1.82) is 0 Å². The van der Waals surface area contributed by atoms with Crippen LogP contribution in [0.2, 0.25) is 5.02 Å². The SMILES string of the molecule is C=C/C=C\c1ccc(C(CCc2ncc(C)cc2C)c2cc(C)ccc2Cl)cc1C.CC. The number of hydrogen-bond acceptors (Lipinski definition) is 1. The van der Waals surface area contributed by atoms with Crippen LogP contribution in [0.3, 0.4) is 0 Å². The summed E-state index contributed by atoms with van der Waals surface area (Å²) in [6, 6.07) is 15.2. The first-order valence-corrected chi connectivity index (χ1v) is 11.8. The Labute approximate surface area is 199 Å². The van der Waals surface area contributed by atoms with Crippen molar-refractivity contribution in [3.05, 3.63) is 117 Å². The van der Waals surface area contributed by atoms with Crippen LogP contribution in [0.25, 0.3) is 6.08 Å². The van der Waals surface area contributed by atoms with E-state index in [9.17, 15) is 0 Å². The zero-order chi connectivity index (χ0) is 23.7. The maximum absolute atomic E-state index is 6.68. The second-order valence-electron chi connectivity index (χ2n) is 8.10. The highest BCUT2D eigenvalue weighted by Gasteiger charge is 2.19. The van der Waals surface area contributed by atoms with Gasteiger partial charge in [-0.2, -0.15) is 0 Å². The lowest BCUT2D eigenvalue weighted by Crippen LogP contribution is -2.07. The fourth-order valence-electron chi connectivity index (χ4n) is 3.99. The van der Waals surface area contributed by atoms with Crippen molar-refractivity contribution in [2.45, 2.75) is 60.3 Å². The highest BCUT2D eigenvalue weighted by atomic mass is 35.5. The molecule has 3 rings (SSSR count). The molecule has 2 heteroatoms. The molecular formula is C30H36ClN. The molecule has 2 aromatic carbocycles. The smallest absolute Gasteiger partial charge is 0.0444 e. The number of pyridine rings is 1. The largest absolute Gasteiger partial charge is 0.261 e. The van der Waals surface area contributed by atoms with Crippen LogP contribution in [0.15, 0.2) is 67.4 Å². The molecule has 1 aromatic heterocycles. The summed E-state index contributed by atoms with van der Waals surface area (Å²) in [6.45, 7) is 16.3. The maximum Gasteiger partial charge on any atom is 0.0444 e. The molecule has 0 saturated heterocycles. The van der Waals surface area contributed by atoms with E-state index < -0.39 is 0 Å². The van der Waals surface area contributed by atoms with Crippen molar-refractivity contribution < 1.29 is 0 Å². The van der Waals surface area contributed by atoms with E-state index in [0.29, 0.717) is 0 Å². The average molecular weight is 446 g/mol. The van der Waals surface area contributed by atoms with Crippen LogP contribution in [-0.4, -0.2) is 4.98 Å². The molecule has 0 amide bonds. The minimum atomic E-state index is 0.219. The van der Waals surface area contributed by atoms with Crippen LogP contribution in [0.4, 0.5) is 0 Å². The van der Waals surface area contributed by atoms with Crippen molar-refractivity contribution in [3.8, 4) is 0 Å². The van der Waals surface area contributed by atoms with E-state index in [1.807, 2.05) is 32.2 Å². The number of aromatic nitrogens is 1. The van der Waals surface area contributed by atoms with Gasteiger partial charge >= 0.3 is 0 Å². The van der Waals surface area contributed by atoms with Crippen LogP contribution in [0.5, 0.6) is 0 Å². The Balaban J connectivity index is 0.00000176. The summed E-state index contributed by atoms with van der Waals surface area (Å²) in [4.78, 5) is 4.69. The Morgan fingerprint density at radius 3 is 2.34 bits per heavy atom. The lowest BCUT2D eigenvalue weighted by molar-refractivity contribution is 0.700. The zero-order valence-electron chi connectivity index (χ0n) is 20.4. The van der Waals surface area contributed by atoms with Gasteiger partial charge in [0, 0.05) is 22.8 Å². The molecule has 0 radical (unpaired) electrons. The Bertz CT molecular complexity index is 1080. The van der Waals surface area contributed by atoms with E-state index in [2.05, 4.69) is 76.7 Å². The van der Waals surface area contributed by atoms with Gasteiger partial charge in [-0.15, -0.1) is 0 Å². The third kappa shape index (κ3) is 6.68. The monoisotopic (exact) mass is 445 g/mol. The standard InChI is InChI=1S/C28H30ClN.C2H6/c1-6-7-8-23-10-11-24(17-21(23)4)25(26-16-19(2)9-13-27(26)29)12-14-28-22(5)15-20(3)18-30-28;1-2/h6-11,13,15-18,25H,1,12,14H2,2-5H3;1-2H3/b8-7-;. The maximum atomic E-state index is 6.68. The molecule has 0 N–H and O–H groups in total. The molecule has 0 fully saturated rings. The molecule has 1 atom stereocenters. The lowest BCUT2D eigenvalue weighted by Gasteiger charge is -2.21. The van der Waals surface area contributed by atoms with Crippen molar-refractivity contribution in [2.24, 2.45) is 0 Å². The number of nitrogens with zero attached hydrogens (tertiary/aromatic N) is 1. The van der Waals surface area contributed by atoms with E-state index in [-0.39, 0.29) is 5.92 Å². The van der Waals surface area contributed by atoms with E-state index in [1.165, 1.54) is 38.9 Å². The molecule has 1 unspecified atom stereocenters. The Morgan fingerprint density at radius 1 is 0.938 bits per heavy atom. The molecule has 0 spiro atoms. The van der Waals surface area contributed by atoms with Crippen LogP contribution in [-0.2, 0) is 6.42 Å². The number of halogens is 1. The van der Waals surface area contributed by atoms with Crippen LogP contribution in [0, 0.1) is 27.7 Å². The number of aryl methyl sites for hydroxylation is 5. The number of allylic oxidation sites excluding steroid dienone is 2. The Kier molecular flexibility index (Phi) is 9.94. The fourth-order valence-corrected chi connectivity index (χ4v) is 4.24. The van der Waals surface area contributed by atoms with Gasteiger partial charge in [0.1, 0.15) is 0 Å². The van der Waals surface area contributed by atoms with Crippen LogP contribution >= 0.6 is 11.6 Å². The third-order valence-electron chi connectivity index (χ3n) is 5.63. The van der Waals surface area contributed by atoms with Gasteiger partial charge in [0.25, 0.3) is 0 Å². The summed E-state index contributed by atoms with van der Waals surface area (Å²) < 4.78 is 0. The first-order valence-electron chi connectivity index (χ1n) is 11.5. The van der Waals surface area contributed by atoms with E-state index in [4.69, 9.17) is 16.6 Å². The highest BCUT2D eigenvalue weighted by Crippen LogP contribution is 2.35. The van der Waals surface area contributed by atoms with Gasteiger partial charge < -0.3 is 0 Å². The predicted octanol–water partition coefficient (Wildman–Crippen LogP) is 8.96. The molecule has 32 heavy (non-hydrogen) atoms. The van der Waals surface area contributed by atoms with Gasteiger partial charge in [-0.05, 0) is 80.0 Å². The Hall–Kier alpha value is -2.64. The minimum Gasteiger partial charge on any atom is -0.261 e. The molecule has 0 aliphatic rings. The third-order valence-corrected chi connectivity index (χ3v) is 5.97. The lowest BCUT2D eigenvalue weighted by atomic mass is 9.84. The Morgan fingerprint density at radius 2 is 1.69 bits per heavy atom.